The maximum absolute atomic E-state index is 9.34. The van der Waals surface area contributed by atoms with Gasteiger partial charge in [-0.15, -0.1) is 0 Å². The summed E-state index contributed by atoms with van der Waals surface area (Å²) in [6.45, 7) is 0.933. The van der Waals surface area contributed by atoms with Crippen LogP contribution < -0.4 is 10.2 Å². The number of aromatic hydroxyl groups is 1. The van der Waals surface area contributed by atoms with E-state index in [1.165, 1.54) is 5.56 Å². The zero-order valence-corrected chi connectivity index (χ0v) is 14.0. The van der Waals surface area contributed by atoms with E-state index in [9.17, 15) is 5.11 Å². The molecule has 0 fully saturated rings. The number of phenols is 1. The second-order valence-electron chi connectivity index (χ2n) is 5.12. The maximum Gasteiger partial charge on any atom is 0.115 e. The van der Waals surface area contributed by atoms with Crippen LogP contribution in [0.5, 0.6) is 5.75 Å². The number of nitrogens with zero attached hydrogens (tertiary/aromatic N) is 1. The fraction of sp³-hybridized carbons (Fsp3) is 0.294. The van der Waals surface area contributed by atoms with Gasteiger partial charge in [-0.3, -0.25) is 0 Å². The minimum atomic E-state index is 0.300. The van der Waals surface area contributed by atoms with Gasteiger partial charge in [0.05, 0.1) is 0 Å². The third-order valence-electron chi connectivity index (χ3n) is 3.64. The van der Waals surface area contributed by atoms with E-state index in [2.05, 4.69) is 51.4 Å². The molecule has 1 unspecified atom stereocenters. The van der Waals surface area contributed by atoms with E-state index in [-0.39, 0.29) is 0 Å². The molecule has 0 spiro atoms. The van der Waals surface area contributed by atoms with Crippen LogP contribution in [0.15, 0.2) is 53.0 Å². The van der Waals surface area contributed by atoms with Gasteiger partial charge in [-0.1, -0.05) is 28.1 Å². The van der Waals surface area contributed by atoms with Crippen molar-refractivity contribution in [2.45, 2.75) is 12.5 Å². The predicted octanol–water partition coefficient (Wildman–Crippen LogP) is 3.94. The lowest BCUT2D eigenvalue weighted by molar-refractivity contribution is 0.475. The van der Waals surface area contributed by atoms with Crippen molar-refractivity contribution in [1.29, 1.82) is 0 Å². The molecular weight excluding hydrogens is 328 g/mol. The van der Waals surface area contributed by atoms with E-state index in [0.717, 1.165) is 23.1 Å². The molecule has 0 aromatic heterocycles. The fourth-order valence-corrected chi connectivity index (χ4v) is 2.78. The van der Waals surface area contributed by atoms with Crippen LogP contribution in [-0.2, 0) is 0 Å². The van der Waals surface area contributed by atoms with Crippen LogP contribution in [0.2, 0.25) is 0 Å². The molecule has 0 radical (unpaired) electrons. The number of phenolic OH excluding ortho intramolecular Hbond substituents is 1. The molecule has 0 heterocycles. The number of anilines is 1. The Labute approximate surface area is 134 Å². The second-order valence-corrected chi connectivity index (χ2v) is 6.04. The van der Waals surface area contributed by atoms with Crippen molar-refractivity contribution in [1.82, 2.24) is 5.32 Å². The Morgan fingerprint density at radius 1 is 1.19 bits per heavy atom. The first-order valence-electron chi connectivity index (χ1n) is 7.03. The van der Waals surface area contributed by atoms with Gasteiger partial charge in [-0.2, -0.15) is 0 Å². The second kappa shape index (κ2) is 7.48. The molecule has 2 aromatic rings. The van der Waals surface area contributed by atoms with Gasteiger partial charge in [-0.05, 0) is 55.4 Å². The topological polar surface area (TPSA) is 35.5 Å². The van der Waals surface area contributed by atoms with E-state index in [0.29, 0.717) is 11.8 Å². The first kappa shape index (κ1) is 15.9. The summed E-state index contributed by atoms with van der Waals surface area (Å²) in [7, 11) is 4.06. The highest BCUT2D eigenvalue weighted by Gasteiger charge is 2.11. The lowest BCUT2D eigenvalue weighted by Crippen LogP contribution is -2.25. The van der Waals surface area contributed by atoms with Crippen molar-refractivity contribution >= 4 is 21.6 Å². The summed E-state index contributed by atoms with van der Waals surface area (Å²) in [4.78, 5) is 2.20. The third-order valence-corrected chi connectivity index (χ3v) is 4.14. The fourth-order valence-electron chi connectivity index (χ4n) is 2.36. The summed E-state index contributed by atoms with van der Waals surface area (Å²) in [5, 5.41) is 12.7. The number of hydrogen-bond acceptors (Lipinski definition) is 3. The van der Waals surface area contributed by atoms with Gasteiger partial charge in [0.15, 0.2) is 0 Å². The van der Waals surface area contributed by atoms with E-state index in [1.807, 2.05) is 25.2 Å². The first-order chi connectivity index (χ1) is 10.1. The quantitative estimate of drug-likeness (QED) is 0.829. The molecule has 4 heteroatoms. The number of nitrogens with one attached hydrogen (secondary N) is 1. The average Bonchev–Trinajstić information content (AvgIpc) is 2.48. The Morgan fingerprint density at radius 3 is 2.52 bits per heavy atom. The number of benzene rings is 2. The Balaban J connectivity index is 1.98. The van der Waals surface area contributed by atoms with Crippen molar-refractivity contribution in [3.8, 4) is 5.75 Å². The highest BCUT2D eigenvalue weighted by Crippen LogP contribution is 2.22. The summed E-state index contributed by atoms with van der Waals surface area (Å²) in [5.41, 5.74) is 2.39. The van der Waals surface area contributed by atoms with Gasteiger partial charge in [0.2, 0.25) is 0 Å². The van der Waals surface area contributed by atoms with E-state index >= 15 is 0 Å². The lowest BCUT2D eigenvalue weighted by Gasteiger charge is -2.23. The molecule has 2 aromatic carbocycles. The summed E-state index contributed by atoms with van der Waals surface area (Å²) >= 11 is 3.52. The Morgan fingerprint density at radius 2 is 1.90 bits per heavy atom. The molecule has 0 aliphatic rings. The van der Waals surface area contributed by atoms with Gasteiger partial charge in [-0.25, -0.2) is 0 Å². The first-order valence-corrected chi connectivity index (χ1v) is 7.82. The Hall–Kier alpha value is -1.52. The molecule has 2 rings (SSSR count). The number of rotatable bonds is 6. The van der Waals surface area contributed by atoms with E-state index in [1.54, 1.807) is 12.1 Å². The lowest BCUT2D eigenvalue weighted by atomic mass is 10.0. The number of halogens is 1. The predicted molar refractivity (Wildman–Crippen MR) is 91.9 cm³/mol. The molecular formula is C17H21BrN2O. The van der Waals surface area contributed by atoms with Crippen LogP contribution in [0.3, 0.4) is 0 Å². The molecule has 0 bridgehead atoms. The van der Waals surface area contributed by atoms with Gasteiger partial charge in [0, 0.05) is 29.8 Å². The van der Waals surface area contributed by atoms with Crippen molar-refractivity contribution in [3.05, 3.63) is 58.6 Å². The molecule has 3 nitrogen and oxygen atoms in total. The van der Waals surface area contributed by atoms with Crippen LogP contribution in [0.1, 0.15) is 18.0 Å². The van der Waals surface area contributed by atoms with Crippen LogP contribution in [0.25, 0.3) is 0 Å². The zero-order valence-electron chi connectivity index (χ0n) is 12.4. The van der Waals surface area contributed by atoms with Crippen LogP contribution in [-0.4, -0.2) is 25.7 Å². The van der Waals surface area contributed by atoms with Crippen molar-refractivity contribution in [2.75, 3.05) is 25.5 Å². The highest BCUT2D eigenvalue weighted by molar-refractivity contribution is 9.10. The average molecular weight is 349 g/mol. The Bertz CT molecular complexity index is 571. The molecule has 0 saturated carbocycles. The molecule has 0 aliphatic heterocycles. The molecule has 0 amide bonds. The smallest absolute Gasteiger partial charge is 0.115 e. The van der Waals surface area contributed by atoms with E-state index < -0.39 is 0 Å². The van der Waals surface area contributed by atoms with Crippen molar-refractivity contribution in [3.63, 3.8) is 0 Å². The summed E-state index contributed by atoms with van der Waals surface area (Å²) in [6.07, 6.45) is 1.00. The largest absolute Gasteiger partial charge is 0.508 e. The monoisotopic (exact) mass is 348 g/mol. The van der Waals surface area contributed by atoms with Crippen molar-refractivity contribution < 1.29 is 5.11 Å². The third kappa shape index (κ3) is 4.48. The molecule has 2 N–H and O–H groups in total. The highest BCUT2D eigenvalue weighted by atomic mass is 79.9. The standard InChI is InChI=1S/C17H21BrN2O/c1-19-17(13-4-3-5-14(18)12-13)10-11-20(2)15-6-8-16(21)9-7-15/h3-9,12,17,19,21H,10-11H2,1-2H3. The SMILES string of the molecule is CNC(CCN(C)c1ccc(O)cc1)c1cccc(Br)c1. The molecule has 0 aliphatic carbocycles. The van der Waals surface area contributed by atoms with Gasteiger partial charge >= 0.3 is 0 Å². The van der Waals surface area contributed by atoms with Crippen LogP contribution in [0, 0.1) is 0 Å². The normalized spacial score (nSPS) is 12.1. The summed E-state index contributed by atoms with van der Waals surface area (Å²) < 4.78 is 1.10. The summed E-state index contributed by atoms with van der Waals surface area (Å²) in [5.74, 6) is 0.300. The summed E-state index contributed by atoms with van der Waals surface area (Å²) in [6, 6.07) is 16.0. The zero-order chi connectivity index (χ0) is 15.2. The maximum atomic E-state index is 9.34. The van der Waals surface area contributed by atoms with E-state index in [4.69, 9.17) is 0 Å². The Kier molecular flexibility index (Phi) is 5.65. The van der Waals surface area contributed by atoms with Crippen LogP contribution in [0.4, 0.5) is 5.69 Å². The van der Waals surface area contributed by atoms with Gasteiger partial charge in [0.1, 0.15) is 5.75 Å². The minimum absolute atomic E-state index is 0.300. The molecule has 21 heavy (non-hydrogen) atoms. The molecule has 112 valence electrons. The van der Waals surface area contributed by atoms with Crippen LogP contribution >= 0.6 is 15.9 Å². The number of hydrogen-bond donors (Lipinski definition) is 2. The molecule has 0 saturated heterocycles. The molecule has 1 atom stereocenters. The van der Waals surface area contributed by atoms with Crippen molar-refractivity contribution in [2.24, 2.45) is 0 Å². The van der Waals surface area contributed by atoms with Gasteiger partial charge < -0.3 is 15.3 Å². The van der Waals surface area contributed by atoms with Gasteiger partial charge in [0.25, 0.3) is 0 Å². The minimum Gasteiger partial charge on any atom is -0.508 e.